The Balaban J connectivity index is 2.42. The fraction of sp³-hybridized carbons (Fsp3) is 0.308. The zero-order valence-electron chi connectivity index (χ0n) is 10.4. The molecule has 0 bridgehead atoms. The zero-order chi connectivity index (χ0) is 13.8. The number of nitrogens with zero attached hydrogens (tertiary/aromatic N) is 2. The van der Waals surface area contributed by atoms with Gasteiger partial charge in [-0.15, -0.1) is 11.8 Å². The Morgan fingerprint density at radius 2 is 2.21 bits per heavy atom. The van der Waals surface area contributed by atoms with Crippen molar-refractivity contribution in [2.75, 3.05) is 5.75 Å². The van der Waals surface area contributed by atoms with Crippen LogP contribution in [0.4, 0.5) is 0 Å². The quantitative estimate of drug-likeness (QED) is 0.909. The van der Waals surface area contributed by atoms with E-state index in [1.165, 1.54) is 16.7 Å². The summed E-state index contributed by atoms with van der Waals surface area (Å²) in [5, 5.41) is 11.1. The third-order valence-corrected chi connectivity index (χ3v) is 3.69. The first-order valence-electron chi connectivity index (χ1n) is 5.92. The van der Waals surface area contributed by atoms with Crippen LogP contribution in [0.3, 0.4) is 0 Å². The van der Waals surface area contributed by atoms with Crippen LogP contribution in [0, 0.1) is 0 Å². The number of carbonyl (C=O) groups excluding carboxylic acids is 1. The minimum absolute atomic E-state index is 0.173. The summed E-state index contributed by atoms with van der Waals surface area (Å²) in [5.74, 6) is -0.880. The first-order valence-corrected chi connectivity index (χ1v) is 6.97. The summed E-state index contributed by atoms with van der Waals surface area (Å²) >= 11 is 1.38. The Hall–Kier alpha value is -1.82. The third-order valence-electron chi connectivity index (χ3n) is 2.89. The van der Waals surface area contributed by atoms with E-state index in [9.17, 15) is 14.7 Å². The van der Waals surface area contributed by atoms with Crippen LogP contribution >= 0.6 is 11.8 Å². The van der Waals surface area contributed by atoms with Crippen molar-refractivity contribution in [2.45, 2.75) is 19.4 Å². The standard InChI is InChI=1S/C13H14N2O3S/c1-2-10(13(17)18)15-11(7-19-8-12(15)16)9-3-5-14-6-4-9/h3-7,10H,2,8H2,1H3,(H,17,18). The molecule has 0 radical (unpaired) electrons. The average Bonchev–Trinajstić information content (AvgIpc) is 2.42. The molecule has 0 aliphatic carbocycles. The van der Waals surface area contributed by atoms with Crippen LogP contribution < -0.4 is 0 Å². The van der Waals surface area contributed by atoms with Crippen molar-refractivity contribution in [2.24, 2.45) is 0 Å². The molecule has 19 heavy (non-hydrogen) atoms. The number of carbonyl (C=O) groups is 2. The molecule has 0 aromatic carbocycles. The average molecular weight is 278 g/mol. The molecule has 100 valence electrons. The second kappa shape index (κ2) is 5.88. The van der Waals surface area contributed by atoms with Crippen molar-refractivity contribution in [1.29, 1.82) is 0 Å². The number of amides is 1. The maximum atomic E-state index is 12.1. The Bertz CT molecular complexity index is 516. The van der Waals surface area contributed by atoms with Gasteiger partial charge in [-0.25, -0.2) is 4.79 Å². The number of thioether (sulfide) groups is 1. The summed E-state index contributed by atoms with van der Waals surface area (Å²) in [7, 11) is 0. The van der Waals surface area contributed by atoms with Gasteiger partial charge < -0.3 is 5.11 Å². The van der Waals surface area contributed by atoms with Gasteiger partial charge in [-0.2, -0.15) is 0 Å². The van der Waals surface area contributed by atoms with E-state index < -0.39 is 12.0 Å². The molecule has 5 nitrogen and oxygen atoms in total. The lowest BCUT2D eigenvalue weighted by atomic mass is 10.1. The van der Waals surface area contributed by atoms with Crippen LogP contribution in [0.25, 0.3) is 5.70 Å². The fourth-order valence-electron chi connectivity index (χ4n) is 1.99. The van der Waals surface area contributed by atoms with Gasteiger partial charge in [-0.1, -0.05) is 6.92 Å². The molecule has 0 saturated heterocycles. The van der Waals surface area contributed by atoms with Gasteiger partial charge >= 0.3 is 5.97 Å². The van der Waals surface area contributed by atoms with Crippen molar-refractivity contribution in [1.82, 2.24) is 9.88 Å². The van der Waals surface area contributed by atoms with Crippen molar-refractivity contribution in [3.05, 3.63) is 35.5 Å². The second-order valence-electron chi connectivity index (χ2n) is 4.08. The van der Waals surface area contributed by atoms with Gasteiger partial charge in [0.05, 0.1) is 11.4 Å². The van der Waals surface area contributed by atoms with Crippen LogP contribution in [0.2, 0.25) is 0 Å². The maximum absolute atomic E-state index is 12.1. The van der Waals surface area contributed by atoms with Gasteiger partial charge in [0, 0.05) is 18.0 Å². The molecule has 0 fully saturated rings. The van der Waals surface area contributed by atoms with E-state index in [0.717, 1.165) is 5.56 Å². The highest BCUT2D eigenvalue weighted by atomic mass is 32.2. The molecule has 0 spiro atoms. The number of aromatic nitrogens is 1. The second-order valence-corrected chi connectivity index (χ2v) is 4.93. The maximum Gasteiger partial charge on any atom is 0.326 e. The van der Waals surface area contributed by atoms with Crippen LogP contribution in [-0.2, 0) is 9.59 Å². The first-order chi connectivity index (χ1) is 9.15. The van der Waals surface area contributed by atoms with Gasteiger partial charge in [0.2, 0.25) is 5.91 Å². The highest BCUT2D eigenvalue weighted by Crippen LogP contribution is 2.30. The summed E-state index contributed by atoms with van der Waals surface area (Å²) < 4.78 is 0. The molecule has 2 heterocycles. The van der Waals surface area contributed by atoms with Gasteiger partial charge in [-0.05, 0) is 24.0 Å². The van der Waals surface area contributed by atoms with Gasteiger partial charge in [0.25, 0.3) is 0 Å². The molecule has 1 atom stereocenters. The highest BCUT2D eigenvalue weighted by molar-refractivity contribution is 8.03. The van der Waals surface area contributed by atoms with Crippen LogP contribution in [0.15, 0.2) is 29.9 Å². The lowest BCUT2D eigenvalue weighted by Gasteiger charge is -2.33. The monoisotopic (exact) mass is 278 g/mol. The number of carboxylic acid groups (broad SMARTS) is 1. The third kappa shape index (κ3) is 2.78. The molecule has 1 aliphatic heterocycles. The van der Waals surface area contributed by atoms with Crippen LogP contribution in [0.1, 0.15) is 18.9 Å². The minimum atomic E-state index is -0.984. The number of aliphatic carboxylic acids is 1. The molecular weight excluding hydrogens is 264 g/mol. The van der Waals surface area contributed by atoms with E-state index in [1.807, 2.05) is 5.41 Å². The largest absolute Gasteiger partial charge is 0.480 e. The molecule has 1 aromatic heterocycles. The first kappa shape index (κ1) is 13.6. The lowest BCUT2D eigenvalue weighted by Crippen LogP contribution is -2.45. The topological polar surface area (TPSA) is 70.5 Å². The minimum Gasteiger partial charge on any atom is -0.480 e. The lowest BCUT2D eigenvalue weighted by molar-refractivity contribution is -0.146. The van der Waals surface area contributed by atoms with E-state index in [0.29, 0.717) is 12.1 Å². The Morgan fingerprint density at radius 3 is 2.79 bits per heavy atom. The number of hydrogen-bond donors (Lipinski definition) is 1. The summed E-state index contributed by atoms with van der Waals surface area (Å²) in [6, 6.07) is 2.71. The van der Waals surface area contributed by atoms with E-state index in [-0.39, 0.29) is 11.7 Å². The normalized spacial score (nSPS) is 17.0. The SMILES string of the molecule is CCC(C(=O)O)N1C(=O)CSC=C1c1ccncc1. The molecule has 1 unspecified atom stereocenters. The molecule has 1 amide bonds. The molecule has 1 N–H and O–H groups in total. The predicted octanol–water partition coefficient (Wildman–Crippen LogP) is 1.82. The molecule has 1 aliphatic rings. The van der Waals surface area contributed by atoms with Crippen molar-refractivity contribution >= 4 is 29.3 Å². The smallest absolute Gasteiger partial charge is 0.326 e. The van der Waals surface area contributed by atoms with Crippen molar-refractivity contribution in [3.63, 3.8) is 0 Å². The van der Waals surface area contributed by atoms with E-state index in [4.69, 9.17) is 0 Å². The zero-order valence-corrected chi connectivity index (χ0v) is 11.3. The predicted molar refractivity (Wildman–Crippen MR) is 73.2 cm³/mol. The van der Waals surface area contributed by atoms with Crippen molar-refractivity contribution < 1.29 is 14.7 Å². The number of rotatable bonds is 4. The fourth-order valence-corrected chi connectivity index (χ4v) is 2.76. The van der Waals surface area contributed by atoms with E-state index in [2.05, 4.69) is 4.98 Å². The van der Waals surface area contributed by atoms with Gasteiger partial charge in [0.15, 0.2) is 0 Å². The van der Waals surface area contributed by atoms with E-state index in [1.54, 1.807) is 31.5 Å². The molecule has 2 rings (SSSR count). The van der Waals surface area contributed by atoms with Crippen molar-refractivity contribution in [3.8, 4) is 0 Å². The summed E-state index contributed by atoms with van der Waals surface area (Å²) in [4.78, 5) is 28.7. The Kier molecular flexibility index (Phi) is 4.21. The van der Waals surface area contributed by atoms with Crippen LogP contribution in [-0.4, -0.2) is 38.7 Å². The molecular formula is C13H14N2O3S. The Morgan fingerprint density at radius 1 is 1.53 bits per heavy atom. The van der Waals surface area contributed by atoms with E-state index >= 15 is 0 Å². The van der Waals surface area contributed by atoms with Gasteiger partial charge in [-0.3, -0.25) is 14.7 Å². The Labute approximate surface area is 115 Å². The van der Waals surface area contributed by atoms with Gasteiger partial charge in [0.1, 0.15) is 6.04 Å². The number of pyridine rings is 1. The highest BCUT2D eigenvalue weighted by Gasteiger charge is 2.33. The summed E-state index contributed by atoms with van der Waals surface area (Å²) in [5.41, 5.74) is 1.44. The number of carboxylic acids is 1. The molecule has 1 aromatic rings. The van der Waals surface area contributed by atoms with Crippen LogP contribution in [0.5, 0.6) is 0 Å². The summed E-state index contributed by atoms with van der Waals surface area (Å²) in [6.45, 7) is 1.76. The summed E-state index contributed by atoms with van der Waals surface area (Å²) in [6.07, 6.45) is 3.62. The molecule has 0 saturated carbocycles. The number of hydrogen-bond acceptors (Lipinski definition) is 4. The molecule has 6 heteroatoms.